The molecule has 2 fully saturated rings. The minimum Gasteiger partial charge on any atom is -0.379 e. The summed E-state index contributed by atoms with van der Waals surface area (Å²) in [5.41, 5.74) is -0.409. The van der Waals surface area contributed by atoms with Gasteiger partial charge in [-0.15, -0.1) is 0 Å². The van der Waals surface area contributed by atoms with Crippen molar-refractivity contribution in [1.29, 1.82) is 0 Å². The Hall–Kier alpha value is -0.0951. The molecule has 0 N–H and O–H groups in total. The van der Waals surface area contributed by atoms with Crippen LogP contribution in [-0.4, -0.2) is 58.6 Å². The molecular weight excluding hydrogens is 183 g/mol. The topological polar surface area (TPSA) is 36.9 Å². The number of hydrogen-bond donors (Lipinski definition) is 0. The number of rotatable bonds is 3. The van der Waals surface area contributed by atoms with Gasteiger partial charge in [-0.05, 0) is 6.92 Å². The first-order valence-corrected chi connectivity index (χ1v) is 5.00. The van der Waals surface area contributed by atoms with Crippen molar-refractivity contribution in [2.24, 2.45) is 0 Å². The van der Waals surface area contributed by atoms with E-state index in [0.717, 1.165) is 0 Å². The molecule has 0 amide bonds. The van der Waals surface area contributed by atoms with Crippen molar-refractivity contribution in [1.82, 2.24) is 0 Å². The molecule has 5 atom stereocenters. The molecule has 0 aromatic heterocycles. The second kappa shape index (κ2) is 3.49. The third-order valence-corrected chi connectivity index (χ3v) is 3.44. The Morgan fingerprint density at radius 1 is 1.50 bits per heavy atom. The van der Waals surface area contributed by atoms with Crippen LogP contribution < -0.4 is 0 Å². The molecule has 4 nitrogen and oxygen atoms in total. The minimum absolute atomic E-state index is 0.00699. The maximum Gasteiger partial charge on any atom is 0.145 e. The zero-order valence-corrected chi connectivity index (χ0v) is 9.15. The van der Waals surface area contributed by atoms with Crippen molar-refractivity contribution in [3.63, 3.8) is 0 Å². The van der Waals surface area contributed by atoms with Crippen LogP contribution in [0.5, 0.6) is 0 Å². The first-order valence-electron chi connectivity index (χ1n) is 5.00. The van der Waals surface area contributed by atoms with Crippen LogP contribution in [0.2, 0.25) is 0 Å². The van der Waals surface area contributed by atoms with Crippen molar-refractivity contribution in [3.8, 4) is 0 Å². The molecule has 0 aromatic carbocycles. The molecule has 2 bridgehead atoms. The summed E-state index contributed by atoms with van der Waals surface area (Å²) in [4.78, 5) is 0. The van der Waals surface area contributed by atoms with Gasteiger partial charge in [-0.3, -0.25) is 0 Å². The lowest BCUT2D eigenvalue weighted by Gasteiger charge is -2.34. The van der Waals surface area contributed by atoms with E-state index in [4.69, 9.17) is 18.9 Å². The van der Waals surface area contributed by atoms with Crippen molar-refractivity contribution in [3.05, 3.63) is 0 Å². The van der Waals surface area contributed by atoms with Gasteiger partial charge in [0.15, 0.2) is 0 Å². The van der Waals surface area contributed by atoms with E-state index in [9.17, 15) is 0 Å². The predicted octanol–water partition coefficient (Wildman–Crippen LogP) is -0.837. The molecule has 0 spiro atoms. The number of methoxy groups -OCH3 is 2. The van der Waals surface area contributed by atoms with Crippen molar-refractivity contribution >= 4 is 7.85 Å². The molecule has 2 rings (SSSR count). The summed E-state index contributed by atoms with van der Waals surface area (Å²) < 4.78 is 22.4. The summed E-state index contributed by atoms with van der Waals surface area (Å²) in [5, 5.41) is 0. The van der Waals surface area contributed by atoms with E-state index < -0.39 is 5.60 Å². The van der Waals surface area contributed by atoms with E-state index in [2.05, 4.69) is 0 Å². The normalized spacial score (nSPS) is 48.4. The lowest BCUT2D eigenvalue weighted by atomic mass is 9.89. The molecule has 2 aliphatic heterocycles. The molecule has 0 aliphatic carbocycles. The van der Waals surface area contributed by atoms with E-state index in [1.807, 2.05) is 14.8 Å². The lowest BCUT2D eigenvalue weighted by Crippen LogP contribution is -2.51. The molecule has 14 heavy (non-hydrogen) atoms. The van der Waals surface area contributed by atoms with Crippen molar-refractivity contribution in [2.75, 3.05) is 20.8 Å². The summed E-state index contributed by atoms with van der Waals surface area (Å²) in [6.45, 7) is 2.56. The van der Waals surface area contributed by atoms with Gasteiger partial charge >= 0.3 is 0 Å². The Balaban J connectivity index is 2.24. The van der Waals surface area contributed by atoms with Crippen LogP contribution in [0.3, 0.4) is 0 Å². The highest BCUT2D eigenvalue weighted by Crippen LogP contribution is 2.43. The Morgan fingerprint density at radius 2 is 2.21 bits per heavy atom. The van der Waals surface area contributed by atoms with Crippen LogP contribution in [0, 0.1) is 0 Å². The molecule has 2 unspecified atom stereocenters. The van der Waals surface area contributed by atoms with Gasteiger partial charge in [0.2, 0.25) is 0 Å². The highest BCUT2D eigenvalue weighted by Gasteiger charge is 2.63. The van der Waals surface area contributed by atoms with Gasteiger partial charge in [-0.25, -0.2) is 0 Å². The SMILES string of the molecule is B[C@@H]1O[C@]2(C(C)OC)CO[C@H]1C2OC. The van der Waals surface area contributed by atoms with Crippen LogP contribution in [0.1, 0.15) is 6.92 Å². The third kappa shape index (κ3) is 1.16. The molecular formula is C9H17BO4. The highest BCUT2D eigenvalue weighted by atomic mass is 16.7. The Bertz CT molecular complexity index is 225. The maximum absolute atomic E-state index is 5.93. The zero-order valence-electron chi connectivity index (χ0n) is 9.15. The first kappa shape index (κ1) is 10.4. The second-order valence-corrected chi connectivity index (χ2v) is 4.09. The van der Waals surface area contributed by atoms with Crippen molar-refractivity contribution in [2.45, 2.75) is 36.8 Å². The lowest BCUT2D eigenvalue weighted by molar-refractivity contribution is -0.173. The Morgan fingerprint density at radius 3 is 2.71 bits per heavy atom. The quantitative estimate of drug-likeness (QED) is 0.557. The zero-order chi connectivity index (χ0) is 10.3. The van der Waals surface area contributed by atoms with Crippen LogP contribution in [0.4, 0.5) is 0 Å². The number of ether oxygens (including phenoxy) is 4. The predicted molar refractivity (Wildman–Crippen MR) is 53.2 cm³/mol. The molecule has 0 aromatic rings. The summed E-state index contributed by atoms with van der Waals surface area (Å²) in [5.74, 6) is 0. The van der Waals surface area contributed by atoms with Gasteiger partial charge in [0, 0.05) is 14.2 Å². The fourth-order valence-corrected chi connectivity index (χ4v) is 2.55. The van der Waals surface area contributed by atoms with Gasteiger partial charge in [0.25, 0.3) is 0 Å². The average molecular weight is 200 g/mol. The fourth-order valence-electron chi connectivity index (χ4n) is 2.55. The molecule has 2 heterocycles. The fraction of sp³-hybridized carbons (Fsp3) is 1.00. The van der Waals surface area contributed by atoms with Gasteiger partial charge in [0.1, 0.15) is 25.7 Å². The minimum atomic E-state index is -0.409. The van der Waals surface area contributed by atoms with Gasteiger partial charge < -0.3 is 18.9 Å². The van der Waals surface area contributed by atoms with Gasteiger partial charge in [-0.2, -0.15) is 0 Å². The average Bonchev–Trinajstić information content (AvgIpc) is 2.68. The highest BCUT2D eigenvalue weighted by molar-refractivity contribution is 6.11. The monoisotopic (exact) mass is 200 g/mol. The molecule has 80 valence electrons. The largest absolute Gasteiger partial charge is 0.379 e. The smallest absolute Gasteiger partial charge is 0.145 e. The Kier molecular flexibility index (Phi) is 2.60. The van der Waals surface area contributed by atoms with Crippen molar-refractivity contribution < 1.29 is 18.9 Å². The summed E-state index contributed by atoms with van der Waals surface area (Å²) in [7, 11) is 5.40. The second-order valence-electron chi connectivity index (χ2n) is 4.09. The van der Waals surface area contributed by atoms with Gasteiger partial charge in [-0.1, -0.05) is 0 Å². The number of hydrogen-bond acceptors (Lipinski definition) is 4. The van der Waals surface area contributed by atoms with Crippen LogP contribution >= 0.6 is 0 Å². The molecule has 0 radical (unpaired) electrons. The number of fused-ring (bicyclic) bond motifs is 2. The van der Waals surface area contributed by atoms with Gasteiger partial charge in [0.05, 0.1) is 18.7 Å². The van der Waals surface area contributed by atoms with E-state index >= 15 is 0 Å². The Labute approximate surface area is 85.3 Å². The summed E-state index contributed by atoms with van der Waals surface area (Å²) in [6, 6.07) is 0.0892. The van der Waals surface area contributed by atoms with Crippen LogP contribution in [-0.2, 0) is 18.9 Å². The molecule has 0 saturated carbocycles. The third-order valence-electron chi connectivity index (χ3n) is 3.44. The van der Waals surface area contributed by atoms with E-state index in [-0.39, 0.29) is 24.3 Å². The van der Waals surface area contributed by atoms with E-state index in [0.29, 0.717) is 6.61 Å². The molecule has 5 heteroatoms. The summed E-state index contributed by atoms with van der Waals surface area (Å²) in [6.07, 6.45) is 0.0347. The maximum atomic E-state index is 5.93. The standard InChI is InChI=1S/C9H17BO4/c1-5(11-2)9-4-13-6(7(9)12-3)8(10)14-9/h5-8H,4,10H2,1-3H3/t5?,6-,7?,8+,9-/m0/s1. The molecule has 2 saturated heterocycles. The molecule has 2 aliphatic rings. The first-order chi connectivity index (χ1) is 6.65. The van der Waals surface area contributed by atoms with E-state index in [1.54, 1.807) is 14.2 Å². The van der Waals surface area contributed by atoms with E-state index in [1.165, 1.54) is 0 Å². The summed E-state index contributed by atoms with van der Waals surface area (Å²) >= 11 is 0. The van der Waals surface area contributed by atoms with Crippen LogP contribution in [0.15, 0.2) is 0 Å². The van der Waals surface area contributed by atoms with Crippen LogP contribution in [0.25, 0.3) is 0 Å².